The van der Waals surface area contributed by atoms with Gasteiger partial charge in [0.2, 0.25) is 0 Å². The molecule has 0 saturated heterocycles. The normalized spacial score (nSPS) is 13.2. The summed E-state index contributed by atoms with van der Waals surface area (Å²) in [6.07, 6.45) is 1.69. The van der Waals surface area contributed by atoms with Crippen LogP contribution in [0.4, 0.5) is 0 Å². The van der Waals surface area contributed by atoms with Gasteiger partial charge in [-0.2, -0.15) is 0 Å². The summed E-state index contributed by atoms with van der Waals surface area (Å²) >= 11 is 1.70. The van der Waals surface area contributed by atoms with Crippen molar-refractivity contribution in [3.63, 3.8) is 0 Å². The Morgan fingerprint density at radius 3 is 3.00 bits per heavy atom. The third-order valence-electron chi connectivity index (χ3n) is 1.64. The van der Waals surface area contributed by atoms with E-state index < -0.39 is 0 Å². The summed E-state index contributed by atoms with van der Waals surface area (Å²) in [4.78, 5) is 1.16. The summed E-state index contributed by atoms with van der Waals surface area (Å²) in [5, 5.41) is 0. The van der Waals surface area contributed by atoms with Gasteiger partial charge in [-0.1, -0.05) is 0 Å². The van der Waals surface area contributed by atoms with Crippen LogP contribution in [0.1, 0.15) is 5.76 Å². The van der Waals surface area contributed by atoms with E-state index in [1.165, 1.54) is 0 Å². The van der Waals surface area contributed by atoms with E-state index in [0.29, 0.717) is 6.61 Å². The van der Waals surface area contributed by atoms with Crippen LogP contribution in [0.2, 0.25) is 0 Å². The van der Waals surface area contributed by atoms with Gasteiger partial charge in [0.05, 0.1) is 12.9 Å². The van der Waals surface area contributed by atoms with E-state index in [4.69, 9.17) is 14.9 Å². The second-order valence-electron chi connectivity index (χ2n) is 2.87. The SMILES string of the molecule is COCC(N)CSc1ccoc1C. The van der Waals surface area contributed by atoms with Gasteiger partial charge in [0.15, 0.2) is 0 Å². The number of methoxy groups -OCH3 is 1. The predicted molar refractivity (Wildman–Crippen MR) is 54.0 cm³/mol. The van der Waals surface area contributed by atoms with Crippen LogP contribution in [-0.4, -0.2) is 25.5 Å². The van der Waals surface area contributed by atoms with Gasteiger partial charge in [-0.15, -0.1) is 11.8 Å². The minimum absolute atomic E-state index is 0.0873. The predicted octanol–water partition coefficient (Wildman–Crippen LogP) is 1.65. The molecule has 1 atom stereocenters. The molecule has 74 valence electrons. The van der Waals surface area contributed by atoms with Gasteiger partial charge in [0, 0.05) is 23.8 Å². The minimum atomic E-state index is 0.0873. The van der Waals surface area contributed by atoms with Gasteiger partial charge in [-0.3, -0.25) is 0 Å². The molecule has 0 spiro atoms. The van der Waals surface area contributed by atoms with Crippen molar-refractivity contribution in [1.82, 2.24) is 0 Å². The molecular formula is C9H15NO2S. The highest BCUT2D eigenvalue weighted by Crippen LogP contribution is 2.23. The fraction of sp³-hybridized carbons (Fsp3) is 0.556. The maximum Gasteiger partial charge on any atom is 0.114 e. The molecule has 0 fully saturated rings. The maximum atomic E-state index is 5.77. The van der Waals surface area contributed by atoms with Crippen LogP contribution in [0.15, 0.2) is 21.6 Å². The van der Waals surface area contributed by atoms with Crippen LogP contribution in [0.3, 0.4) is 0 Å². The molecule has 0 bridgehead atoms. The first kappa shape index (κ1) is 10.6. The lowest BCUT2D eigenvalue weighted by Crippen LogP contribution is -2.28. The van der Waals surface area contributed by atoms with Gasteiger partial charge in [0.25, 0.3) is 0 Å². The van der Waals surface area contributed by atoms with Crippen LogP contribution >= 0.6 is 11.8 Å². The standard InChI is InChI=1S/C9H15NO2S/c1-7-9(3-4-12-7)13-6-8(10)5-11-2/h3-4,8H,5-6,10H2,1-2H3. The molecule has 2 N–H and O–H groups in total. The highest BCUT2D eigenvalue weighted by molar-refractivity contribution is 7.99. The van der Waals surface area contributed by atoms with Crippen molar-refractivity contribution in [3.8, 4) is 0 Å². The zero-order valence-corrected chi connectivity index (χ0v) is 8.76. The molecule has 0 radical (unpaired) electrons. The zero-order valence-electron chi connectivity index (χ0n) is 7.95. The molecule has 13 heavy (non-hydrogen) atoms. The second-order valence-corrected chi connectivity index (χ2v) is 3.93. The third-order valence-corrected chi connectivity index (χ3v) is 2.97. The number of aryl methyl sites for hydroxylation is 1. The average molecular weight is 201 g/mol. The Balaban J connectivity index is 2.30. The molecule has 0 saturated carbocycles. The Kier molecular flexibility index (Phi) is 4.35. The first-order valence-corrected chi connectivity index (χ1v) is 5.14. The fourth-order valence-corrected chi connectivity index (χ4v) is 1.88. The summed E-state index contributed by atoms with van der Waals surface area (Å²) in [7, 11) is 1.66. The van der Waals surface area contributed by atoms with Gasteiger partial charge < -0.3 is 14.9 Å². The highest BCUT2D eigenvalue weighted by Gasteiger charge is 2.06. The molecule has 1 unspecified atom stereocenters. The Morgan fingerprint density at radius 2 is 2.46 bits per heavy atom. The largest absolute Gasteiger partial charge is 0.468 e. The van der Waals surface area contributed by atoms with Crippen LogP contribution in [0, 0.1) is 6.92 Å². The summed E-state index contributed by atoms with van der Waals surface area (Å²) in [6, 6.07) is 2.05. The molecule has 1 rings (SSSR count). The second kappa shape index (κ2) is 5.32. The van der Waals surface area contributed by atoms with E-state index in [1.54, 1.807) is 25.1 Å². The summed E-state index contributed by atoms with van der Waals surface area (Å²) in [5.74, 6) is 1.81. The lowest BCUT2D eigenvalue weighted by atomic mass is 10.4. The quantitative estimate of drug-likeness (QED) is 0.736. The smallest absolute Gasteiger partial charge is 0.114 e. The van der Waals surface area contributed by atoms with E-state index in [2.05, 4.69) is 0 Å². The lowest BCUT2D eigenvalue weighted by molar-refractivity contribution is 0.186. The third kappa shape index (κ3) is 3.42. The number of rotatable bonds is 5. The first-order chi connectivity index (χ1) is 6.24. The molecule has 3 nitrogen and oxygen atoms in total. The van der Waals surface area contributed by atoms with Crippen LogP contribution in [-0.2, 0) is 4.74 Å². The number of thioether (sulfide) groups is 1. The van der Waals surface area contributed by atoms with Crippen molar-refractivity contribution in [1.29, 1.82) is 0 Å². The Bertz CT molecular complexity index is 250. The monoisotopic (exact) mass is 201 g/mol. The molecule has 0 aliphatic rings. The molecule has 1 heterocycles. The first-order valence-electron chi connectivity index (χ1n) is 4.15. The number of ether oxygens (including phenoxy) is 1. The topological polar surface area (TPSA) is 48.4 Å². The molecule has 1 aromatic rings. The molecule has 4 heteroatoms. The molecule has 0 aromatic carbocycles. The van der Waals surface area contributed by atoms with Gasteiger partial charge in [0.1, 0.15) is 5.76 Å². The molecule has 0 aliphatic carbocycles. The molecular weight excluding hydrogens is 186 g/mol. The summed E-state index contributed by atoms with van der Waals surface area (Å²) < 4.78 is 10.1. The Morgan fingerprint density at radius 1 is 1.69 bits per heavy atom. The number of hydrogen-bond acceptors (Lipinski definition) is 4. The van der Waals surface area contributed by atoms with Crippen molar-refractivity contribution < 1.29 is 9.15 Å². The number of nitrogens with two attached hydrogens (primary N) is 1. The van der Waals surface area contributed by atoms with Crippen LogP contribution < -0.4 is 5.73 Å². The van der Waals surface area contributed by atoms with Crippen molar-refractivity contribution in [2.24, 2.45) is 5.73 Å². The Hall–Kier alpha value is -0.450. The lowest BCUT2D eigenvalue weighted by Gasteiger charge is -2.08. The van der Waals surface area contributed by atoms with Crippen molar-refractivity contribution in [2.45, 2.75) is 17.9 Å². The minimum Gasteiger partial charge on any atom is -0.468 e. The van der Waals surface area contributed by atoms with Gasteiger partial charge in [-0.25, -0.2) is 0 Å². The fourth-order valence-electron chi connectivity index (χ4n) is 0.982. The van der Waals surface area contributed by atoms with Gasteiger partial charge >= 0.3 is 0 Å². The van der Waals surface area contributed by atoms with Crippen molar-refractivity contribution >= 4 is 11.8 Å². The van der Waals surface area contributed by atoms with Crippen molar-refractivity contribution in [3.05, 3.63) is 18.1 Å². The maximum absolute atomic E-state index is 5.77. The summed E-state index contributed by atoms with van der Waals surface area (Å²) in [6.45, 7) is 2.55. The average Bonchev–Trinajstić information content (AvgIpc) is 2.48. The van der Waals surface area contributed by atoms with E-state index in [1.807, 2.05) is 13.0 Å². The number of furan rings is 1. The van der Waals surface area contributed by atoms with Crippen LogP contribution in [0.25, 0.3) is 0 Å². The van der Waals surface area contributed by atoms with E-state index in [9.17, 15) is 0 Å². The van der Waals surface area contributed by atoms with E-state index in [-0.39, 0.29) is 6.04 Å². The zero-order chi connectivity index (χ0) is 9.68. The van der Waals surface area contributed by atoms with E-state index in [0.717, 1.165) is 16.4 Å². The number of hydrogen-bond donors (Lipinski definition) is 1. The Labute approximate surface area is 82.6 Å². The van der Waals surface area contributed by atoms with Crippen LogP contribution in [0.5, 0.6) is 0 Å². The van der Waals surface area contributed by atoms with E-state index >= 15 is 0 Å². The highest BCUT2D eigenvalue weighted by atomic mass is 32.2. The van der Waals surface area contributed by atoms with Crippen molar-refractivity contribution in [2.75, 3.05) is 19.5 Å². The molecule has 0 aliphatic heterocycles. The van der Waals surface area contributed by atoms with Gasteiger partial charge in [-0.05, 0) is 13.0 Å². The summed E-state index contributed by atoms with van der Waals surface area (Å²) in [5.41, 5.74) is 5.77. The molecule has 1 aromatic heterocycles. The molecule has 0 amide bonds.